The van der Waals surface area contributed by atoms with Gasteiger partial charge in [0.25, 0.3) is 0 Å². The molecule has 2 unspecified atom stereocenters. The molecule has 2 atom stereocenters. The molecule has 0 saturated heterocycles. The van der Waals surface area contributed by atoms with Gasteiger partial charge in [-0.2, -0.15) is 10.2 Å². The Morgan fingerprint density at radius 1 is 1.11 bits per heavy atom. The van der Waals surface area contributed by atoms with Crippen molar-refractivity contribution in [3.8, 4) is 5.69 Å². The minimum atomic E-state index is -0.262. The number of ether oxygens (including phenoxy) is 1. The van der Waals surface area contributed by atoms with E-state index in [1.807, 2.05) is 11.6 Å². The Morgan fingerprint density at radius 3 is 2.77 bits per heavy atom. The zero-order valence-corrected chi connectivity index (χ0v) is 21.2. The second-order valence-corrected chi connectivity index (χ2v) is 11.3. The second-order valence-electron chi connectivity index (χ2n) is 11.3. The van der Waals surface area contributed by atoms with Crippen molar-refractivity contribution in [3.63, 3.8) is 0 Å². The molecule has 0 amide bonds. The van der Waals surface area contributed by atoms with E-state index in [1.54, 1.807) is 6.20 Å². The summed E-state index contributed by atoms with van der Waals surface area (Å²) in [6, 6.07) is 9.27. The number of aryl methyl sites for hydroxylation is 1. The van der Waals surface area contributed by atoms with Gasteiger partial charge in [-0.3, -0.25) is 4.68 Å². The number of benzene rings is 1. The van der Waals surface area contributed by atoms with E-state index in [-0.39, 0.29) is 11.4 Å². The Hall–Kier alpha value is -2.89. The Balaban J connectivity index is 1.28. The zero-order chi connectivity index (χ0) is 24.2. The number of rotatable bonds is 6. The molecule has 3 aromatic rings. The van der Waals surface area contributed by atoms with Crippen molar-refractivity contribution in [2.45, 2.75) is 95.4 Å². The highest BCUT2D eigenvalue weighted by molar-refractivity contribution is 5.91. The van der Waals surface area contributed by atoms with Gasteiger partial charge in [0, 0.05) is 17.0 Å². The largest absolute Gasteiger partial charge is 0.462 e. The van der Waals surface area contributed by atoms with Crippen molar-refractivity contribution < 1.29 is 9.53 Å². The summed E-state index contributed by atoms with van der Waals surface area (Å²) in [5.41, 5.74) is 7.17. The maximum absolute atomic E-state index is 12.5. The second kappa shape index (κ2) is 8.65. The third-order valence-corrected chi connectivity index (χ3v) is 8.38. The van der Waals surface area contributed by atoms with Crippen molar-refractivity contribution in [2.75, 3.05) is 6.61 Å². The molecule has 0 bridgehead atoms. The van der Waals surface area contributed by atoms with Gasteiger partial charge in [0.2, 0.25) is 0 Å². The van der Waals surface area contributed by atoms with E-state index in [4.69, 9.17) is 9.84 Å². The molecule has 2 heterocycles. The zero-order valence-electron chi connectivity index (χ0n) is 21.2. The summed E-state index contributed by atoms with van der Waals surface area (Å²) in [5.74, 6) is 0.633. The fourth-order valence-electron chi connectivity index (χ4n) is 6.45. The van der Waals surface area contributed by atoms with Gasteiger partial charge in [-0.1, -0.05) is 32.4 Å². The molecule has 35 heavy (non-hydrogen) atoms. The lowest BCUT2D eigenvalue weighted by Gasteiger charge is -2.33. The van der Waals surface area contributed by atoms with E-state index in [0.717, 1.165) is 37.1 Å². The fourth-order valence-corrected chi connectivity index (χ4v) is 6.45. The highest BCUT2D eigenvalue weighted by Crippen LogP contribution is 2.45. The molecule has 3 aliphatic carbocycles. The minimum absolute atomic E-state index is 0.217. The van der Waals surface area contributed by atoms with Crippen molar-refractivity contribution in [3.05, 3.63) is 64.7 Å². The standard InChI is InChI=1S/C29H36N4O2/c1-4-35-28(34)25-18-31-32(26(25)19-11-12-19)23-9-5-7-20(15-23)21-8-6-10-24(16-21)33-27-22(17-30-33)13-14-29(27,2)3/h5,7,9,15,17-19,21,24H,4,6,8,10-14,16H2,1-3H3. The Bertz CT molecular complexity index is 1250. The third kappa shape index (κ3) is 4.01. The molecule has 184 valence electrons. The van der Waals surface area contributed by atoms with Crippen molar-refractivity contribution in [2.24, 2.45) is 0 Å². The van der Waals surface area contributed by atoms with Crippen LogP contribution >= 0.6 is 0 Å². The van der Waals surface area contributed by atoms with Crippen LogP contribution in [0.2, 0.25) is 0 Å². The normalized spacial score (nSPS) is 23.3. The van der Waals surface area contributed by atoms with Crippen LogP contribution in [0.5, 0.6) is 0 Å². The molecule has 3 aliphatic rings. The van der Waals surface area contributed by atoms with Crippen LogP contribution in [0, 0.1) is 0 Å². The smallest absolute Gasteiger partial charge is 0.341 e. The van der Waals surface area contributed by atoms with Gasteiger partial charge in [0.15, 0.2) is 0 Å². The maximum Gasteiger partial charge on any atom is 0.341 e. The predicted molar refractivity (Wildman–Crippen MR) is 135 cm³/mol. The van der Waals surface area contributed by atoms with E-state index in [9.17, 15) is 4.79 Å². The molecule has 6 nitrogen and oxygen atoms in total. The number of nitrogens with zero attached hydrogens (tertiary/aromatic N) is 4. The van der Waals surface area contributed by atoms with Gasteiger partial charge >= 0.3 is 5.97 Å². The SMILES string of the molecule is CCOC(=O)c1cnn(-c2cccc(C3CCCC(n4ncc5c4C(C)(C)CC5)C3)c2)c1C1CC1. The summed E-state index contributed by atoms with van der Waals surface area (Å²) in [6.07, 6.45) is 13.1. The highest BCUT2D eigenvalue weighted by Gasteiger charge is 2.37. The summed E-state index contributed by atoms with van der Waals surface area (Å²) in [7, 11) is 0. The van der Waals surface area contributed by atoms with Crippen LogP contribution < -0.4 is 0 Å². The molecule has 2 fully saturated rings. The molecule has 1 aromatic carbocycles. The van der Waals surface area contributed by atoms with Gasteiger partial charge in [-0.15, -0.1) is 0 Å². The first-order valence-corrected chi connectivity index (χ1v) is 13.4. The highest BCUT2D eigenvalue weighted by atomic mass is 16.5. The summed E-state index contributed by atoms with van der Waals surface area (Å²) in [6.45, 7) is 6.96. The molecule has 0 N–H and O–H groups in total. The average molecular weight is 473 g/mol. The van der Waals surface area contributed by atoms with Crippen LogP contribution in [0.1, 0.15) is 116 Å². The minimum Gasteiger partial charge on any atom is -0.462 e. The number of carbonyl (C=O) groups excluding carboxylic acids is 1. The number of hydrogen-bond donors (Lipinski definition) is 0. The van der Waals surface area contributed by atoms with Crippen molar-refractivity contribution in [1.82, 2.24) is 19.6 Å². The van der Waals surface area contributed by atoms with E-state index < -0.39 is 0 Å². The van der Waals surface area contributed by atoms with Gasteiger partial charge in [0.1, 0.15) is 5.56 Å². The quantitative estimate of drug-likeness (QED) is 0.398. The molecule has 0 aliphatic heterocycles. The van der Waals surface area contributed by atoms with Crippen LogP contribution in [-0.4, -0.2) is 32.1 Å². The fraction of sp³-hybridized carbons (Fsp3) is 0.552. The molecule has 0 radical (unpaired) electrons. The van der Waals surface area contributed by atoms with Crippen LogP contribution in [0.3, 0.4) is 0 Å². The first kappa shape index (κ1) is 22.6. The lowest BCUT2D eigenvalue weighted by Crippen LogP contribution is -2.25. The van der Waals surface area contributed by atoms with E-state index >= 15 is 0 Å². The lowest BCUT2D eigenvalue weighted by molar-refractivity contribution is 0.0525. The number of hydrogen-bond acceptors (Lipinski definition) is 4. The molecule has 0 spiro atoms. The Labute approximate surface area is 207 Å². The van der Waals surface area contributed by atoms with Gasteiger partial charge < -0.3 is 4.74 Å². The number of fused-ring (bicyclic) bond motifs is 1. The van der Waals surface area contributed by atoms with Crippen LogP contribution in [0.15, 0.2) is 36.7 Å². The van der Waals surface area contributed by atoms with E-state index in [1.165, 1.54) is 42.5 Å². The van der Waals surface area contributed by atoms with E-state index in [2.05, 4.69) is 54.1 Å². The summed E-state index contributed by atoms with van der Waals surface area (Å²) >= 11 is 0. The number of esters is 1. The summed E-state index contributed by atoms with van der Waals surface area (Å²) in [5, 5.41) is 9.53. The molecule has 2 saturated carbocycles. The van der Waals surface area contributed by atoms with Crippen LogP contribution in [0.4, 0.5) is 0 Å². The molecule has 6 rings (SSSR count). The van der Waals surface area contributed by atoms with E-state index in [0.29, 0.717) is 30.0 Å². The summed E-state index contributed by atoms with van der Waals surface area (Å²) in [4.78, 5) is 12.5. The monoisotopic (exact) mass is 472 g/mol. The van der Waals surface area contributed by atoms with Gasteiger partial charge in [-0.25, -0.2) is 9.48 Å². The van der Waals surface area contributed by atoms with Gasteiger partial charge in [0.05, 0.1) is 36.4 Å². The van der Waals surface area contributed by atoms with Crippen LogP contribution in [-0.2, 0) is 16.6 Å². The van der Waals surface area contributed by atoms with Crippen LogP contribution in [0.25, 0.3) is 5.69 Å². The lowest BCUT2D eigenvalue weighted by atomic mass is 9.80. The first-order chi connectivity index (χ1) is 17.0. The first-order valence-electron chi connectivity index (χ1n) is 13.4. The van der Waals surface area contributed by atoms with Crippen molar-refractivity contribution in [1.29, 1.82) is 0 Å². The van der Waals surface area contributed by atoms with Gasteiger partial charge in [-0.05, 0) is 81.0 Å². The average Bonchev–Trinajstić information content (AvgIpc) is 3.32. The topological polar surface area (TPSA) is 61.9 Å². The van der Waals surface area contributed by atoms with Crippen molar-refractivity contribution >= 4 is 5.97 Å². The number of carbonyl (C=O) groups is 1. The summed E-state index contributed by atoms with van der Waals surface area (Å²) < 4.78 is 9.67. The predicted octanol–water partition coefficient (Wildman–Crippen LogP) is 6.25. The Morgan fingerprint density at radius 2 is 1.97 bits per heavy atom. The molecule has 6 heteroatoms. The Kier molecular flexibility index (Phi) is 5.58. The third-order valence-electron chi connectivity index (χ3n) is 8.38. The number of aromatic nitrogens is 4. The molecular formula is C29H36N4O2. The molecule has 2 aromatic heterocycles. The molecular weight excluding hydrogens is 436 g/mol. The maximum atomic E-state index is 12.5.